The first kappa shape index (κ1) is 16.0. The molecule has 0 spiro atoms. The van der Waals surface area contributed by atoms with Crippen molar-refractivity contribution in [3.63, 3.8) is 0 Å². The first-order chi connectivity index (χ1) is 10.2. The van der Waals surface area contributed by atoms with E-state index in [1.54, 1.807) is 0 Å². The lowest BCUT2D eigenvalue weighted by molar-refractivity contribution is 0.252. The van der Waals surface area contributed by atoms with Crippen LogP contribution in [0.3, 0.4) is 0 Å². The molecule has 1 aromatic heterocycles. The number of ether oxygens (including phenoxy) is 1. The van der Waals surface area contributed by atoms with Crippen molar-refractivity contribution in [2.45, 2.75) is 19.4 Å². The number of nitrogens with zero attached hydrogens (tertiary/aromatic N) is 1. The average molecular weight is 304 g/mol. The molecule has 0 aliphatic heterocycles. The molecule has 21 heavy (non-hydrogen) atoms. The van der Waals surface area contributed by atoms with E-state index in [0.717, 1.165) is 18.7 Å². The lowest BCUT2D eigenvalue weighted by atomic mass is 10.1. The fourth-order valence-corrected chi connectivity index (χ4v) is 3.14. The molecule has 2 N–H and O–H groups in total. The molecule has 0 aliphatic rings. The molecule has 1 aromatic carbocycles. The molecule has 0 aliphatic carbocycles. The highest BCUT2D eigenvalue weighted by atomic mass is 32.1. The largest absolute Gasteiger partial charge is 0.494 e. The molecule has 2 aromatic rings. The maximum atomic E-state index is 6.00. The lowest BCUT2D eigenvalue weighted by Crippen LogP contribution is -2.32. The summed E-state index contributed by atoms with van der Waals surface area (Å²) in [5.74, 6) is 0.917. The van der Waals surface area contributed by atoms with Crippen LogP contribution in [0, 0.1) is 0 Å². The Morgan fingerprint density at radius 3 is 2.81 bits per heavy atom. The number of benzene rings is 1. The molecular formula is C17H24N2OS. The first-order valence-electron chi connectivity index (χ1n) is 7.40. The molecule has 0 fully saturated rings. The summed E-state index contributed by atoms with van der Waals surface area (Å²) in [6, 6.07) is 12.8. The highest BCUT2D eigenvalue weighted by molar-refractivity contribution is 7.09. The van der Waals surface area contributed by atoms with Crippen molar-refractivity contribution >= 4 is 11.3 Å². The predicted octanol–water partition coefficient (Wildman–Crippen LogP) is 3.32. The van der Waals surface area contributed by atoms with Crippen LogP contribution in [-0.4, -0.2) is 31.6 Å². The normalized spacial score (nSPS) is 12.6. The third-order valence-electron chi connectivity index (χ3n) is 3.60. The molecule has 0 saturated heterocycles. The Morgan fingerprint density at radius 1 is 1.29 bits per heavy atom. The zero-order valence-electron chi connectivity index (χ0n) is 12.8. The Kier molecular flexibility index (Phi) is 6.23. The van der Waals surface area contributed by atoms with Gasteiger partial charge in [-0.15, -0.1) is 11.3 Å². The van der Waals surface area contributed by atoms with Crippen molar-refractivity contribution in [2.24, 2.45) is 5.73 Å². The van der Waals surface area contributed by atoms with E-state index in [9.17, 15) is 0 Å². The molecule has 0 saturated carbocycles. The highest BCUT2D eigenvalue weighted by Gasteiger charge is 2.16. The minimum Gasteiger partial charge on any atom is -0.494 e. The SMILES string of the molecule is CCOc1cccc(C(CN)N(C)CCc2cccs2)c1. The molecule has 0 bridgehead atoms. The maximum absolute atomic E-state index is 6.00. The molecule has 1 heterocycles. The van der Waals surface area contributed by atoms with Crippen molar-refractivity contribution in [1.29, 1.82) is 0 Å². The van der Waals surface area contributed by atoms with Crippen molar-refractivity contribution in [3.8, 4) is 5.75 Å². The highest BCUT2D eigenvalue weighted by Crippen LogP contribution is 2.23. The van der Waals surface area contributed by atoms with Crippen LogP contribution < -0.4 is 10.5 Å². The zero-order valence-corrected chi connectivity index (χ0v) is 13.6. The summed E-state index contributed by atoms with van der Waals surface area (Å²) < 4.78 is 5.58. The molecule has 0 amide bonds. The second-order valence-corrected chi connectivity index (χ2v) is 6.10. The Balaban J connectivity index is 2.01. The van der Waals surface area contributed by atoms with Gasteiger partial charge < -0.3 is 10.5 Å². The van der Waals surface area contributed by atoms with Gasteiger partial charge in [0, 0.05) is 24.0 Å². The minimum absolute atomic E-state index is 0.227. The predicted molar refractivity (Wildman–Crippen MR) is 90.1 cm³/mol. The number of hydrogen-bond donors (Lipinski definition) is 1. The molecule has 3 nitrogen and oxygen atoms in total. The summed E-state index contributed by atoms with van der Waals surface area (Å²) in [5, 5.41) is 2.13. The van der Waals surface area contributed by atoms with Crippen LogP contribution in [0.5, 0.6) is 5.75 Å². The number of hydrogen-bond acceptors (Lipinski definition) is 4. The zero-order chi connectivity index (χ0) is 15.1. The van der Waals surface area contributed by atoms with E-state index in [0.29, 0.717) is 13.2 Å². The van der Waals surface area contributed by atoms with E-state index in [1.807, 2.05) is 30.4 Å². The number of rotatable bonds is 8. The van der Waals surface area contributed by atoms with Gasteiger partial charge >= 0.3 is 0 Å². The van der Waals surface area contributed by atoms with E-state index < -0.39 is 0 Å². The third-order valence-corrected chi connectivity index (χ3v) is 4.54. The van der Waals surface area contributed by atoms with Crippen LogP contribution in [0.15, 0.2) is 41.8 Å². The summed E-state index contributed by atoms with van der Waals surface area (Å²) in [7, 11) is 2.14. The van der Waals surface area contributed by atoms with Gasteiger partial charge in [0.2, 0.25) is 0 Å². The molecule has 0 radical (unpaired) electrons. The summed E-state index contributed by atoms with van der Waals surface area (Å²) in [6.07, 6.45) is 1.07. The molecular weight excluding hydrogens is 280 g/mol. The Bertz CT molecular complexity index is 527. The van der Waals surface area contributed by atoms with E-state index in [-0.39, 0.29) is 6.04 Å². The van der Waals surface area contributed by atoms with Crippen LogP contribution in [0.2, 0.25) is 0 Å². The van der Waals surface area contributed by atoms with E-state index >= 15 is 0 Å². The molecule has 4 heteroatoms. The fourth-order valence-electron chi connectivity index (χ4n) is 2.45. The van der Waals surface area contributed by atoms with Gasteiger partial charge in [0.05, 0.1) is 6.61 Å². The number of likely N-dealkylation sites (N-methyl/N-ethyl adjacent to an activating group) is 1. The summed E-state index contributed by atoms with van der Waals surface area (Å²) >= 11 is 1.81. The van der Waals surface area contributed by atoms with Crippen molar-refractivity contribution in [3.05, 3.63) is 52.2 Å². The Morgan fingerprint density at radius 2 is 2.14 bits per heavy atom. The van der Waals surface area contributed by atoms with Crippen molar-refractivity contribution in [2.75, 3.05) is 26.7 Å². The van der Waals surface area contributed by atoms with Crippen LogP contribution >= 0.6 is 11.3 Å². The van der Waals surface area contributed by atoms with E-state index in [1.165, 1.54) is 10.4 Å². The van der Waals surface area contributed by atoms with E-state index in [2.05, 4.69) is 41.6 Å². The van der Waals surface area contributed by atoms with Gasteiger partial charge in [-0.05, 0) is 49.5 Å². The van der Waals surface area contributed by atoms with Gasteiger partial charge in [-0.1, -0.05) is 18.2 Å². The monoisotopic (exact) mass is 304 g/mol. The Hall–Kier alpha value is -1.36. The quantitative estimate of drug-likeness (QED) is 0.813. The average Bonchev–Trinajstić information content (AvgIpc) is 3.00. The first-order valence-corrected chi connectivity index (χ1v) is 8.28. The summed E-state index contributed by atoms with van der Waals surface area (Å²) in [5.41, 5.74) is 7.22. The lowest BCUT2D eigenvalue weighted by Gasteiger charge is -2.27. The van der Waals surface area contributed by atoms with Gasteiger partial charge in [0.25, 0.3) is 0 Å². The third kappa shape index (κ3) is 4.56. The standard InChI is InChI=1S/C17H24N2OS/c1-3-20-15-7-4-6-14(12-15)17(13-18)19(2)10-9-16-8-5-11-21-16/h4-8,11-12,17H,3,9-10,13,18H2,1-2H3. The van der Waals surface area contributed by atoms with Crippen LogP contribution in [0.25, 0.3) is 0 Å². The van der Waals surface area contributed by atoms with Gasteiger partial charge in [0.1, 0.15) is 5.75 Å². The Labute approximate surface area is 131 Å². The minimum atomic E-state index is 0.227. The molecule has 1 atom stereocenters. The second-order valence-electron chi connectivity index (χ2n) is 5.07. The molecule has 114 valence electrons. The number of thiophene rings is 1. The van der Waals surface area contributed by atoms with Crippen molar-refractivity contribution in [1.82, 2.24) is 4.90 Å². The van der Waals surface area contributed by atoms with Crippen LogP contribution in [0.4, 0.5) is 0 Å². The number of nitrogens with two attached hydrogens (primary N) is 1. The summed E-state index contributed by atoms with van der Waals surface area (Å²) in [6.45, 7) is 4.29. The topological polar surface area (TPSA) is 38.5 Å². The smallest absolute Gasteiger partial charge is 0.119 e. The van der Waals surface area contributed by atoms with E-state index in [4.69, 9.17) is 10.5 Å². The van der Waals surface area contributed by atoms with Gasteiger partial charge in [0.15, 0.2) is 0 Å². The molecule has 2 rings (SSSR count). The second kappa shape index (κ2) is 8.17. The van der Waals surface area contributed by atoms with Gasteiger partial charge in [-0.25, -0.2) is 0 Å². The van der Waals surface area contributed by atoms with Gasteiger partial charge in [-0.3, -0.25) is 4.90 Å². The fraction of sp³-hybridized carbons (Fsp3) is 0.412. The summed E-state index contributed by atoms with van der Waals surface area (Å²) in [4.78, 5) is 3.74. The molecule has 1 unspecified atom stereocenters. The van der Waals surface area contributed by atoms with Gasteiger partial charge in [-0.2, -0.15) is 0 Å². The maximum Gasteiger partial charge on any atom is 0.119 e. The van der Waals surface area contributed by atoms with Crippen LogP contribution in [0.1, 0.15) is 23.4 Å². The van der Waals surface area contributed by atoms with Crippen molar-refractivity contribution < 1.29 is 4.74 Å². The van der Waals surface area contributed by atoms with Crippen LogP contribution in [-0.2, 0) is 6.42 Å².